The third-order valence-electron chi connectivity index (χ3n) is 14.7. The van der Waals surface area contributed by atoms with Gasteiger partial charge in [0.05, 0.1) is 64.5 Å². The number of aliphatic hydroxyl groups is 19. The predicted octanol–water partition coefficient (Wildman–Crippen LogP) is -14.6. The number of carbonyl (C=O) groups is 3. The molecule has 0 unspecified atom stereocenters. The lowest BCUT2D eigenvalue weighted by Gasteiger charge is -2.52. The lowest BCUT2D eigenvalue weighted by molar-refractivity contribution is -0.401. The third kappa shape index (κ3) is 14.8. The summed E-state index contributed by atoms with van der Waals surface area (Å²) in [5, 5.41) is 220. The maximum absolute atomic E-state index is 13.2. The van der Waals surface area contributed by atoms with E-state index < -0.39 is 260 Å². The summed E-state index contributed by atoms with van der Waals surface area (Å²) in [6.07, 6.45) is -60.6. The topological polar surface area (TPSA) is 591 Å². The van der Waals surface area contributed by atoms with Crippen LogP contribution in [0.2, 0.25) is 0 Å². The standard InChI is InChI=1S/C45H76N2O35/c1-12-22(58)27(63)29(65)41(72-12)79-35-21(47-13(2)55)39(80-36-25(61)17(6-50)73-42(31(36)67)77-33-19(8-52)76-40(30(66)28(33)64)71-10-14(4-48)46-11-54)75-20(9-53)34(35)78-43-32(68)38(26(62)18(7-51)74-43)82-45(44(69)70)3-15(56)23(59)37(81-45)24(60)16(57)5-49/h11-12,14-43,48-53,56-68H,3-10H2,1-2H3,(H,46,54)(H,47,55)(H,69,70)/t12-,14+,15-,16+,17+,18+,19+,20+,21+,22+,23+,24+,25-,26-,27+,28+,29-,30+,31+,32+,33+,34+,35+,36-,37+,38-,39-,40+,41-,42-,43-,45-/m0/s1. The second-order valence-electron chi connectivity index (χ2n) is 20.4. The lowest BCUT2D eigenvalue weighted by Crippen LogP contribution is -2.72. The minimum atomic E-state index is -3.26. The van der Waals surface area contributed by atoms with Crippen molar-refractivity contribution in [1.29, 1.82) is 0 Å². The average Bonchev–Trinajstić information content (AvgIpc) is 3.54. The van der Waals surface area contributed by atoms with E-state index in [4.69, 9.17) is 56.8 Å². The molecule has 37 nitrogen and oxygen atoms in total. The highest BCUT2D eigenvalue weighted by Crippen LogP contribution is 2.40. The molecule has 6 saturated heterocycles. The Bertz CT molecular complexity index is 2010. The van der Waals surface area contributed by atoms with Crippen LogP contribution in [0.1, 0.15) is 20.3 Å². The number of carboxylic acid groups (broad SMARTS) is 1. The van der Waals surface area contributed by atoms with Crippen LogP contribution in [0.4, 0.5) is 0 Å². The van der Waals surface area contributed by atoms with E-state index in [1.807, 2.05) is 0 Å². The number of carboxylic acids is 1. The number of aliphatic hydroxyl groups excluding tert-OH is 19. The Kier molecular flexibility index (Phi) is 24.7. The molecule has 476 valence electrons. The SMILES string of the molecule is CC(=O)N[C@H]1[C@H](O[C@H]2[C@@H](O)[C@@H](CO)O[C@@H](O[C@H]3[C@H](O)[C@@H](O)[C@H](OC[C@@H](CO)NC=O)O[C@@H]3CO)[C@@H]2O)O[C@H](CO)[C@@H](O[C@@H]2O[C@H](CO)[C@H](O)[C@H](O[C@]3(C(=O)O)C[C@H](O)[C@@H](O)[C@H]([C@H](O)[C@H](O)CO)O3)[C@H]2O)[C@@H]1O[C@@H]1O[C@@H](C)[C@@H](O)[C@@H](O)[C@@H]1O. The van der Waals surface area contributed by atoms with Crippen LogP contribution in [0.3, 0.4) is 0 Å². The molecule has 0 aromatic rings. The molecule has 82 heavy (non-hydrogen) atoms. The Morgan fingerprint density at radius 2 is 1.07 bits per heavy atom. The molecule has 6 fully saturated rings. The summed E-state index contributed by atoms with van der Waals surface area (Å²) in [6.45, 7) is -4.51. The zero-order chi connectivity index (χ0) is 60.8. The van der Waals surface area contributed by atoms with Crippen LogP contribution >= 0.6 is 0 Å². The molecule has 0 aromatic carbocycles. The van der Waals surface area contributed by atoms with E-state index in [-0.39, 0.29) is 6.41 Å². The quantitative estimate of drug-likeness (QED) is 0.0378. The molecule has 0 spiro atoms. The van der Waals surface area contributed by atoms with E-state index >= 15 is 0 Å². The van der Waals surface area contributed by atoms with Crippen molar-refractivity contribution >= 4 is 18.3 Å². The highest BCUT2D eigenvalue weighted by atomic mass is 16.8. The Hall–Kier alpha value is -2.83. The van der Waals surface area contributed by atoms with Crippen molar-refractivity contribution in [3.05, 3.63) is 0 Å². The predicted molar refractivity (Wildman–Crippen MR) is 250 cm³/mol. The molecule has 0 radical (unpaired) electrons. The number of carbonyl (C=O) groups excluding carboxylic acids is 2. The van der Waals surface area contributed by atoms with Gasteiger partial charge in [0.25, 0.3) is 5.79 Å². The summed E-state index contributed by atoms with van der Waals surface area (Å²) in [6, 6.07) is -2.97. The van der Waals surface area contributed by atoms with Crippen molar-refractivity contribution in [1.82, 2.24) is 10.6 Å². The average molecular weight is 1210 g/mol. The highest BCUT2D eigenvalue weighted by molar-refractivity contribution is 5.76. The van der Waals surface area contributed by atoms with Gasteiger partial charge in [-0.05, 0) is 6.92 Å². The summed E-state index contributed by atoms with van der Waals surface area (Å²) in [7, 11) is 0. The second kappa shape index (κ2) is 29.7. The Labute approximate surface area is 464 Å². The molecule has 6 aliphatic rings. The van der Waals surface area contributed by atoms with Gasteiger partial charge in [0, 0.05) is 13.3 Å². The van der Waals surface area contributed by atoms with E-state index in [0.29, 0.717) is 0 Å². The molecule has 6 rings (SSSR count). The minimum absolute atomic E-state index is 0.258. The van der Waals surface area contributed by atoms with Crippen LogP contribution in [0.5, 0.6) is 0 Å². The van der Waals surface area contributed by atoms with Crippen molar-refractivity contribution in [3.8, 4) is 0 Å². The van der Waals surface area contributed by atoms with E-state index in [1.165, 1.54) is 6.92 Å². The Morgan fingerprint density at radius 1 is 0.573 bits per heavy atom. The van der Waals surface area contributed by atoms with E-state index in [9.17, 15) is 117 Å². The highest BCUT2D eigenvalue weighted by Gasteiger charge is 2.62. The molecule has 37 heteroatoms. The van der Waals surface area contributed by atoms with Gasteiger partial charge in [0.15, 0.2) is 31.5 Å². The molecular formula is C45H76N2O35. The van der Waals surface area contributed by atoms with Crippen LogP contribution in [0, 0.1) is 0 Å². The normalized spacial score (nSPS) is 46.7. The first-order valence-electron chi connectivity index (χ1n) is 25.8. The van der Waals surface area contributed by atoms with Crippen LogP contribution < -0.4 is 10.6 Å². The van der Waals surface area contributed by atoms with Crippen molar-refractivity contribution in [3.63, 3.8) is 0 Å². The molecule has 0 aliphatic carbocycles. The maximum Gasteiger partial charge on any atom is 0.364 e. The van der Waals surface area contributed by atoms with Gasteiger partial charge in [-0.1, -0.05) is 0 Å². The van der Waals surface area contributed by atoms with Gasteiger partial charge in [-0.25, -0.2) is 4.79 Å². The fourth-order valence-electron chi connectivity index (χ4n) is 10.1. The number of nitrogens with one attached hydrogen (secondary N) is 2. The summed E-state index contributed by atoms with van der Waals surface area (Å²) in [5.74, 6) is -6.36. The van der Waals surface area contributed by atoms with Gasteiger partial charge in [-0.3, -0.25) is 9.59 Å². The van der Waals surface area contributed by atoms with Crippen molar-refractivity contribution in [2.45, 2.75) is 216 Å². The van der Waals surface area contributed by atoms with Gasteiger partial charge in [-0.15, -0.1) is 0 Å². The molecule has 6 aliphatic heterocycles. The fraction of sp³-hybridized carbons (Fsp3) is 0.933. The smallest absolute Gasteiger partial charge is 0.364 e. The molecular weight excluding hydrogens is 1130 g/mol. The number of amides is 2. The van der Waals surface area contributed by atoms with Crippen molar-refractivity contribution in [2.24, 2.45) is 0 Å². The minimum Gasteiger partial charge on any atom is -0.477 e. The number of aliphatic carboxylic acids is 1. The monoisotopic (exact) mass is 1200 g/mol. The van der Waals surface area contributed by atoms with Gasteiger partial charge < -0.3 is 170 Å². The Morgan fingerprint density at radius 3 is 1.62 bits per heavy atom. The largest absolute Gasteiger partial charge is 0.477 e. The molecule has 0 saturated carbocycles. The molecule has 2 amide bonds. The molecule has 6 heterocycles. The number of hydrogen-bond donors (Lipinski definition) is 22. The number of rotatable bonds is 25. The molecule has 22 N–H and O–H groups in total. The van der Waals surface area contributed by atoms with Crippen LogP contribution in [-0.4, -0.2) is 362 Å². The zero-order valence-electron chi connectivity index (χ0n) is 43.7. The van der Waals surface area contributed by atoms with Crippen LogP contribution in [0.25, 0.3) is 0 Å². The first-order valence-corrected chi connectivity index (χ1v) is 25.8. The van der Waals surface area contributed by atoms with Gasteiger partial charge >= 0.3 is 5.97 Å². The zero-order valence-corrected chi connectivity index (χ0v) is 43.7. The lowest BCUT2D eigenvalue weighted by atomic mass is 9.90. The van der Waals surface area contributed by atoms with Gasteiger partial charge in [0.2, 0.25) is 12.3 Å². The molecule has 0 aromatic heterocycles. The second-order valence-corrected chi connectivity index (χ2v) is 20.4. The van der Waals surface area contributed by atoms with Crippen molar-refractivity contribution in [2.75, 3.05) is 46.2 Å². The van der Waals surface area contributed by atoms with E-state index in [0.717, 1.165) is 6.92 Å². The van der Waals surface area contributed by atoms with Crippen LogP contribution in [0.15, 0.2) is 0 Å². The van der Waals surface area contributed by atoms with E-state index in [2.05, 4.69) is 10.6 Å². The van der Waals surface area contributed by atoms with E-state index in [1.54, 1.807) is 0 Å². The third-order valence-corrected chi connectivity index (χ3v) is 14.7. The molecule has 32 atom stereocenters. The first kappa shape index (κ1) is 68.3. The van der Waals surface area contributed by atoms with Gasteiger partial charge in [0.1, 0.15) is 140 Å². The van der Waals surface area contributed by atoms with Gasteiger partial charge in [-0.2, -0.15) is 0 Å². The fourth-order valence-corrected chi connectivity index (χ4v) is 10.1. The summed E-state index contributed by atoms with van der Waals surface area (Å²) < 4.78 is 69.5. The number of ether oxygens (including phenoxy) is 12. The Balaban J connectivity index is 1.33. The first-order chi connectivity index (χ1) is 38.8. The van der Waals surface area contributed by atoms with Crippen LogP contribution in [-0.2, 0) is 71.2 Å². The van der Waals surface area contributed by atoms with Crippen molar-refractivity contribution < 1.29 is 173 Å². The summed E-state index contributed by atoms with van der Waals surface area (Å²) >= 11 is 0. The number of hydrogen-bond acceptors (Lipinski definition) is 34. The summed E-state index contributed by atoms with van der Waals surface area (Å²) in [4.78, 5) is 37.1. The maximum atomic E-state index is 13.2. The summed E-state index contributed by atoms with van der Waals surface area (Å²) in [5.41, 5.74) is 0. The molecule has 0 bridgehead atoms.